The summed E-state index contributed by atoms with van der Waals surface area (Å²) in [5.41, 5.74) is 10.6. The second kappa shape index (κ2) is 18.5. The van der Waals surface area contributed by atoms with Crippen LogP contribution in [0.25, 0.3) is 22.5 Å². The van der Waals surface area contributed by atoms with E-state index >= 15 is 0 Å². The molecule has 0 aromatic carbocycles. The van der Waals surface area contributed by atoms with Gasteiger partial charge in [0.2, 0.25) is 0 Å². The molecule has 0 spiro atoms. The first-order chi connectivity index (χ1) is 31.4. The van der Waals surface area contributed by atoms with Crippen molar-refractivity contribution in [3.8, 4) is 22.5 Å². The molecule has 4 saturated carbocycles. The van der Waals surface area contributed by atoms with Gasteiger partial charge in [-0.25, -0.2) is 27.5 Å². The number of aromatic nitrogens is 6. The van der Waals surface area contributed by atoms with Crippen LogP contribution in [0.5, 0.6) is 0 Å². The van der Waals surface area contributed by atoms with Crippen molar-refractivity contribution in [3.63, 3.8) is 0 Å². The summed E-state index contributed by atoms with van der Waals surface area (Å²) < 4.78 is 146. The first-order valence-electron chi connectivity index (χ1n) is 22.5. The van der Waals surface area contributed by atoms with E-state index < -0.39 is 61.1 Å². The van der Waals surface area contributed by atoms with E-state index in [1.165, 1.54) is 21.8 Å². The average molecular weight is 943 g/mol. The predicted molar refractivity (Wildman–Crippen MR) is 221 cm³/mol. The quantitative estimate of drug-likeness (QED) is 0.150. The lowest BCUT2D eigenvalue weighted by Gasteiger charge is -2.28. The van der Waals surface area contributed by atoms with Gasteiger partial charge in [-0.1, -0.05) is 0 Å². The van der Waals surface area contributed by atoms with E-state index in [0.717, 1.165) is 103 Å². The molecule has 12 nitrogen and oxygen atoms in total. The molecule has 0 amide bonds. The molecular weight excluding hydrogens is 891 g/mol. The molecule has 8 atom stereocenters. The number of alkyl halides is 10. The van der Waals surface area contributed by atoms with Gasteiger partial charge in [-0.15, -0.1) is 0 Å². The van der Waals surface area contributed by atoms with Gasteiger partial charge in [0.05, 0.1) is 35.7 Å². The van der Waals surface area contributed by atoms with Crippen LogP contribution in [0.1, 0.15) is 72.9 Å². The molecule has 2 saturated heterocycles. The van der Waals surface area contributed by atoms with Gasteiger partial charge in [-0.3, -0.25) is 19.2 Å². The molecule has 360 valence electrons. The third kappa shape index (κ3) is 9.87. The zero-order valence-electron chi connectivity index (χ0n) is 35.9. The molecule has 10 rings (SSSR count). The second-order valence-electron chi connectivity index (χ2n) is 18.3. The Morgan fingerprint density at radius 3 is 1.29 bits per heavy atom. The number of rotatable bonds is 10. The van der Waals surface area contributed by atoms with Crippen molar-refractivity contribution < 1.29 is 53.4 Å². The van der Waals surface area contributed by atoms with Crippen LogP contribution >= 0.6 is 0 Å². The van der Waals surface area contributed by atoms with Crippen LogP contribution in [0, 0.1) is 23.7 Å². The number of hydrogen-bond donors (Lipinski definition) is 2. The van der Waals surface area contributed by atoms with Crippen LogP contribution in [0.15, 0.2) is 36.7 Å². The Labute approximate surface area is 374 Å². The molecule has 4 aromatic heterocycles. The topological polar surface area (TPSA) is 138 Å². The molecule has 4 unspecified atom stereocenters. The molecule has 4 aliphatic carbocycles. The van der Waals surface area contributed by atoms with Crippen LogP contribution in [0.2, 0.25) is 0 Å². The van der Waals surface area contributed by atoms with Crippen LogP contribution in [-0.4, -0.2) is 117 Å². The lowest BCUT2D eigenvalue weighted by molar-refractivity contribution is -0.137. The minimum atomic E-state index is -4.66. The number of anilines is 2. The molecule has 2 aliphatic heterocycles. The molecule has 6 fully saturated rings. The highest BCUT2D eigenvalue weighted by molar-refractivity contribution is 5.64. The average Bonchev–Trinajstić information content (AvgIpc) is 3.84. The molecule has 4 N–H and O–H groups in total. The zero-order valence-corrected chi connectivity index (χ0v) is 35.9. The van der Waals surface area contributed by atoms with Gasteiger partial charge in [0.25, 0.3) is 12.9 Å². The predicted octanol–water partition coefficient (Wildman–Crippen LogP) is 8.05. The van der Waals surface area contributed by atoms with E-state index in [4.69, 9.17) is 20.9 Å². The summed E-state index contributed by atoms with van der Waals surface area (Å²) in [4.78, 5) is 12.2. The van der Waals surface area contributed by atoms with Gasteiger partial charge in [-0.05, 0) is 86.5 Å². The Morgan fingerprint density at radius 2 is 0.939 bits per heavy atom. The lowest BCUT2D eigenvalue weighted by Crippen LogP contribution is -2.36. The number of nitrogens with zero attached hydrogens (tertiary/aromatic N) is 8. The van der Waals surface area contributed by atoms with Crippen molar-refractivity contribution >= 4 is 11.6 Å². The van der Waals surface area contributed by atoms with Gasteiger partial charge < -0.3 is 20.9 Å². The Hall–Kier alpha value is -4.54. The summed E-state index contributed by atoms with van der Waals surface area (Å²) >= 11 is 0. The lowest BCUT2D eigenvalue weighted by atomic mass is 10.0. The van der Waals surface area contributed by atoms with Crippen LogP contribution < -0.4 is 11.5 Å². The minimum Gasteiger partial charge on any atom is -0.383 e. The normalized spacial score (nSPS) is 28.2. The van der Waals surface area contributed by atoms with Crippen LogP contribution in [0.3, 0.4) is 0 Å². The first-order valence-corrected chi connectivity index (χ1v) is 22.5. The van der Waals surface area contributed by atoms with E-state index in [9.17, 15) is 43.9 Å². The number of ether oxygens (including phenoxy) is 2. The number of halogens is 10. The summed E-state index contributed by atoms with van der Waals surface area (Å²) in [5.74, 6) is 0.499. The third-order valence-corrected chi connectivity index (χ3v) is 14.4. The zero-order chi connectivity index (χ0) is 46.7. The molecule has 22 heteroatoms. The van der Waals surface area contributed by atoms with Gasteiger partial charge in [-0.2, -0.15) is 36.5 Å². The molecular formula is C44H52F10N10O2. The van der Waals surface area contributed by atoms with Gasteiger partial charge in [0.15, 0.2) is 0 Å². The number of hydrogen-bond acceptors (Lipinski definition) is 10. The minimum absolute atomic E-state index is 0.105. The van der Waals surface area contributed by atoms with E-state index in [0.29, 0.717) is 47.1 Å². The van der Waals surface area contributed by atoms with Gasteiger partial charge in [0, 0.05) is 98.2 Å². The van der Waals surface area contributed by atoms with Crippen LogP contribution in [-0.2, 0) is 34.9 Å². The van der Waals surface area contributed by atoms with Crippen molar-refractivity contribution in [2.75, 3.05) is 64.1 Å². The fourth-order valence-corrected chi connectivity index (χ4v) is 11.3. The van der Waals surface area contributed by atoms with E-state index in [1.54, 1.807) is 12.1 Å². The Bertz CT molecular complexity index is 2140. The second-order valence-corrected chi connectivity index (χ2v) is 18.3. The number of pyridine rings is 2. The highest BCUT2D eigenvalue weighted by Crippen LogP contribution is 2.65. The maximum Gasteiger partial charge on any atom is 0.419 e. The molecule has 4 aromatic rings. The summed E-state index contributed by atoms with van der Waals surface area (Å²) in [6.07, 6.45) is -6.17. The van der Waals surface area contributed by atoms with Crippen molar-refractivity contribution in [2.24, 2.45) is 23.7 Å². The van der Waals surface area contributed by atoms with E-state index in [1.807, 2.05) is 0 Å². The molecule has 0 bridgehead atoms. The summed E-state index contributed by atoms with van der Waals surface area (Å²) in [5, 5.41) is 8.49. The van der Waals surface area contributed by atoms with Crippen LogP contribution in [0.4, 0.5) is 55.5 Å². The number of nitrogens with two attached hydrogens (primary N) is 2. The fourth-order valence-electron chi connectivity index (χ4n) is 11.3. The van der Waals surface area contributed by atoms with Gasteiger partial charge >= 0.3 is 12.4 Å². The Kier molecular flexibility index (Phi) is 13.1. The van der Waals surface area contributed by atoms with E-state index in [2.05, 4.69) is 30.0 Å². The molecule has 6 heterocycles. The largest absolute Gasteiger partial charge is 0.419 e. The maximum absolute atomic E-state index is 13.3. The van der Waals surface area contributed by atoms with Crippen molar-refractivity contribution in [1.82, 2.24) is 39.3 Å². The smallest absolute Gasteiger partial charge is 0.383 e. The van der Waals surface area contributed by atoms with Crippen molar-refractivity contribution in [3.05, 3.63) is 59.2 Å². The summed E-state index contributed by atoms with van der Waals surface area (Å²) in [7, 11) is 0. The highest BCUT2D eigenvalue weighted by atomic mass is 19.4. The van der Waals surface area contributed by atoms with Crippen molar-refractivity contribution in [2.45, 2.75) is 101 Å². The summed E-state index contributed by atoms with van der Waals surface area (Å²) in [6.45, 7) is 5.68. The molecule has 0 radical (unpaired) electrons. The van der Waals surface area contributed by atoms with Gasteiger partial charge in [0.1, 0.15) is 24.7 Å². The standard InChI is InChI=1S/2C22H26F5N5O/c2*23-19(24)11-32-18(9-17(30-32)12-6-16(22(25,26)27)21(28)29-10-12)20-14-7-13(8-15(14)20)31-2-1-4-33-5-3-31/h2*6,9-10,13-15,19-20H,1-5,7-8,11H2,(H2,28,29)/t2*13?,14-,15+,20?. The summed E-state index contributed by atoms with van der Waals surface area (Å²) in [6, 6.07) is 6.00. The molecule has 66 heavy (non-hydrogen) atoms. The Morgan fingerprint density at radius 1 is 0.561 bits per heavy atom. The van der Waals surface area contributed by atoms with Crippen molar-refractivity contribution in [1.29, 1.82) is 0 Å². The maximum atomic E-state index is 13.3. The third-order valence-electron chi connectivity index (χ3n) is 14.4. The number of fused-ring (bicyclic) bond motifs is 2. The SMILES string of the molecule is Nc1ncc(-c2cc(C3[C@H]4CC(N5CCCOCC5)C[C@@H]34)n(CC(F)F)n2)cc1C(F)(F)F.Nc1ncc(-c2cc(C3[C@H]4CC(N5CCCOCC5)C[C@@H]34)n(CC(F)F)n2)cc1C(F)(F)F. The highest BCUT2D eigenvalue weighted by Gasteiger charge is 2.60. The molecule has 6 aliphatic rings. The van der Waals surface area contributed by atoms with E-state index in [-0.39, 0.29) is 34.4 Å². The number of nitrogen functional groups attached to an aromatic ring is 2. The fraction of sp³-hybridized carbons (Fsp3) is 0.636. The Balaban J connectivity index is 0.000000166. The first kappa shape index (κ1) is 46.6. The monoisotopic (exact) mass is 942 g/mol.